The molecular formula is C27H26N2O6. The summed E-state index contributed by atoms with van der Waals surface area (Å²) in [5.41, 5.74) is 2.01. The highest BCUT2D eigenvalue weighted by Gasteiger charge is 2.28. The first-order chi connectivity index (χ1) is 17.0. The summed E-state index contributed by atoms with van der Waals surface area (Å²) < 4.78 is 21.1. The van der Waals surface area contributed by atoms with Crippen molar-refractivity contribution in [3.8, 4) is 23.0 Å². The Balaban J connectivity index is 1.55. The number of hydrogen-bond acceptors (Lipinski definition) is 6. The number of ether oxygens (including phenoxy) is 4. The molecule has 0 saturated heterocycles. The van der Waals surface area contributed by atoms with Gasteiger partial charge >= 0.3 is 0 Å². The molecule has 180 valence electrons. The molecule has 3 aromatic carbocycles. The minimum absolute atomic E-state index is 0.178. The van der Waals surface area contributed by atoms with Gasteiger partial charge in [-0.2, -0.15) is 0 Å². The van der Waals surface area contributed by atoms with E-state index in [0.717, 1.165) is 5.56 Å². The van der Waals surface area contributed by atoms with Crippen LogP contribution in [0.4, 0.5) is 5.69 Å². The van der Waals surface area contributed by atoms with Crippen LogP contribution in [-0.2, 0) is 9.59 Å². The number of amides is 2. The van der Waals surface area contributed by atoms with Crippen LogP contribution in [0, 0.1) is 0 Å². The monoisotopic (exact) mass is 474 g/mol. The summed E-state index contributed by atoms with van der Waals surface area (Å²) in [6.45, 7) is 0.178. The Kier molecular flexibility index (Phi) is 7.21. The van der Waals surface area contributed by atoms with Gasteiger partial charge in [-0.05, 0) is 65.7 Å². The Morgan fingerprint density at radius 2 is 1.54 bits per heavy atom. The van der Waals surface area contributed by atoms with Crippen molar-refractivity contribution in [2.24, 2.45) is 0 Å². The third-order valence-corrected chi connectivity index (χ3v) is 5.59. The van der Waals surface area contributed by atoms with Gasteiger partial charge in [-0.15, -0.1) is 0 Å². The Labute approximate surface area is 203 Å². The van der Waals surface area contributed by atoms with Gasteiger partial charge in [-0.3, -0.25) is 9.59 Å². The largest absolute Gasteiger partial charge is 0.497 e. The molecule has 0 aliphatic carbocycles. The maximum absolute atomic E-state index is 13.3. The number of fused-ring (bicyclic) bond motifs is 1. The molecule has 1 atom stereocenters. The van der Waals surface area contributed by atoms with E-state index in [2.05, 4.69) is 5.32 Å². The van der Waals surface area contributed by atoms with E-state index >= 15 is 0 Å². The molecule has 0 radical (unpaired) electrons. The fourth-order valence-electron chi connectivity index (χ4n) is 3.65. The zero-order valence-electron chi connectivity index (χ0n) is 19.7. The highest BCUT2D eigenvalue weighted by molar-refractivity contribution is 6.00. The number of carbonyl (C=O) groups excluding carboxylic acids is 2. The molecule has 0 spiro atoms. The van der Waals surface area contributed by atoms with Gasteiger partial charge in [0.2, 0.25) is 12.7 Å². The SMILES string of the molecule is COc1ccc(NC(=O)C(c2ccc(OC)cc2)N(C)C(=O)/C=C\c2ccc3c(c2)OCO3)cc1. The molecule has 8 heteroatoms. The van der Waals surface area contributed by atoms with E-state index in [1.165, 1.54) is 11.0 Å². The second-order valence-electron chi connectivity index (χ2n) is 7.79. The number of carbonyl (C=O) groups is 2. The molecule has 1 unspecified atom stereocenters. The molecule has 0 saturated carbocycles. The minimum atomic E-state index is -0.878. The summed E-state index contributed by atoms with van der Waals surface area (Å²) in [6.07, 6.45) is 3.10. The normalized spacial score (nSPS) is 12.8. The second-order valence-corrected chi connectivity index (χ2v) is 7.79. The topological polar surface area (TPSA) is 86.3 Å². The van der Waals surface area contributed by atoms with Crippen molar-refractivity contribution >= 4 is 23.6 Å². The van der Waals surface area contributed by atoms with Crippen molar-refractivity contribution in [3.05, 3.63) is 83.9 Å². The maximum atomic E-state index is 13.3. The molecule has 8 nitrogen and oxygen atoms in total. The Bertz CT molecular complexity index is 1220. The Morgan fingerprint density at radius 1 is 0.914 bits per heavy atom. The van der Waals surface area contributed by atoms with E-state index in [4.69, 9.17) is 18.9 Å². The number of anilines is 1. The van der Waals surface area contributed by atoms with Crippen molar-refractivity contribution in [3.63, 3.8) is 0 Å². The average molecular weight is 475 g/mol. The van der Waals surface area contributed by atoms with Crippen LogP contribution < -0.4 is 24.3 Å². The van der Waals surface area contributed by atoms with E-state index in [0.29, 0.717) is 34.2 Å². The highest BCUT2D eigenvalue weighted by Crippen LogP contribution is 2.33. The number of methoxy groups -OCH3 is 2. The summed E-state index contributed by atoms with van der Waals surface area (Å²) in [5, 5.41) is 2.88. The molecule has 1 N–H and O–H groups in total. The highest BCUT2D eigenvalue weighted by atomic mass is 16.7. The zero-order valence-corrected chi connectivity index (χ0v) is 19.7. The molecule has 1 aliphatic heterocycles. The predicted molar refractivity (Wildman–Crippen MR) is 132 cm³/mol. The molecule has 1 heterocycles. The number of rotatable bonds is 8. The number of hydrogen-bond donors (Lipinski definition) is 1. The van der Waals surface area contributed by atoms with Gasteiger partial charge in [0, 0.05) is 18.8 Å². The van der Waals surface area contributed by atoms with E-state index in [-0.39, 0.29) is 18.6 Å². The summed E-state index contributed by atoms with van der Waals surface area (Å²) in [6, 6.07) is 18.6. The quantitative estimate of drug-likeness (QED) is 0.491. The molecule has 0 fully saturated rings. The van der Waals surface area contributed by atoms with Crippen LogP contribution in [0.2, 0.25) is 0 Å². The summed E-state index contributed by atoms with van der Waals surface area (Å²) in [4.78, 5) is 27.8. The maximum Gasteiger partial charge on any atom is 0.251 e. The van der Waals surface area contributed by atoms with Gasteiger partial charge in [-0.25, -0.2) is 0 Å². The van der Waals surface area contributed by atoms with Crippen LogP contribution in [0.1, 0.15) is 17.2 Å². The average Bonchev–Trinajstić information content (AvgIpc) is 3.36. The van der Waals surface area contributed by atoms with Gasteiger partial charge in [0.25, 0.3) is 5.91 Å². The van der Waals surface area contributed by atoms with Gasteiger partial charge in [-0.1, -0.05) is 18.2 Å². The number of nitrogens with one attached hydrogen (secondary N) is 1. The lowest BCUT2D eigenvalue weighted by Gasteiger charge is -2.27. The Morgan fingerprint density at radius 3 is 2.20 bits per heavy atom. The van der Waals surface area contributed by atoms with Crippen molar-refractivity contribution < 1.29 is 28.5 Å². The third-order valence-electron chi connectivity index (χ3n) is 5.59. The first-order valence-corrected chi connectivity index (χ1v) is 10.9. The van der Waals surface area contributed by atoms with Crippen LogP contribution in [0.15, 0.2) is 72.8 Å². The van der Waals surface area contributed by atoms with Crippen molar-refractivity contribution in [1.29, 1.82) is 0 Å². The fraction of sp³-hybridized carbons (Fsp3) is 0.185. The van der Waals surface area contributed by atoms with Crippen LogP contribution >= 0.6 is 0 Å². The third kappa shape index (κ3) is 5.55. The van der Waals surface area contributed by atoms with Crippen LogP contribution in [-0.4, -0.2) is 44.8 Å². The van der Waals surface area contributed by atoms with Gasteiger partial charge in [0.1, 0.15) is 17.5 Å². The lowest BCUT2D eigenvalue weighted by Crippen LogP contribution is -2.37. The van der Waals surface area contributed by atoms with Crippen molar-refractivity contribution in [2.45, 2.75) is 6.04 Å². The minimum Gasteiger partial charge on any atom is -0.497 e. The van der Waals surface area contributed by atoms with Crippen LogP contribution in [0.3, 0.4) is 0 Å². The number of likely N-dealkylation sites (N-methyl/N-ethyl adjacent to an activating group) is 1. The van der Waals surface area contributed by atoms with Gasteiger partial charge in [0.15, 0.2) is 11.5 Å². The van der Waals surface area contributed by atoms with Crippen LogP contribution in [0.25, 0.3) is 6.08 Å². The molecule has 2 amide bonds. The second kappa shape index (κ2) is 10.6. The van der Waals surface area contributed by atoms with E-state index in [9.17, 15) is 9.59 Å². The van der Waals surface area contributed by atoms with Crippen LogP contribution in [0.5, 0.6) is 23.0 Å². The first kappa shape index (κ1) is 23.7. The molecule has 4 rings (SSSR count). The number of nitrogens with zero attached hydrogens (tertiary/aromatic N) is 1. The first-order valence-electron chi connectivity index (χ1n) is 10.9. The van der Waals surface area contributed by atoms with E-state index < -0.39 is 6.04 Å². The van der Waals surface area contributed by atoms with E-state index in [1.54, 1.807) is 88.0 Å². The zero-order chi connectivity index (χ0) is 24.8. The standard InChI is InChI=1S/C27H26N2O6/c1-29(25(30)15-5-18-4-14-23-24(16-18)35-17-34-23)26(19-6-10-21(32-2)11-7-19)27(31)28-20-8-12-22(33-3)13-9-20/h4-16,26H,17H2,1-3H3,(H,28,31)/b15-5-. The number of benzene rings is 3. The molecule has 1 aliphatic rings. The molecule has 35 heavy (non-hydrogen) atoms. The Hall–Kier alpha value is -4.46. The van der Waals surface area contributed by atoms with E-state index in [1.807, 2.05) is 6.07 Å². The molecule has 3 aromatic rings. The predicted octanol–water partition coefficient (Wildman–Crippen LogP) is 4.28. The fourth-order valence-corrected chi connectivity index (χ4v) is 3.65. The lowest BCUT2D eigenvalue weighted by atomic mass is 10.0. The summed E-state index contributed by atoms with van der Waals surface area (Å²) in [5.74, 6) is 1.93. The van der Waals surface area contributed by atoms with Gasteiger partial charge in [0.05, 0.1) is 14.2 Å². The lowest BCUT2D eigenvalue weighted by molar-refractivity contribution is -0.133. The molecule has 0 aromatic heterocycles. The smallest absolute Gasteiger partial charge is 0.251 e. The van der Waals surface area contributed by atoms with Gasteiger partial charge < -0.3 is 29.2 Å². The molecular weight excluding hydrogens is 448 g/mol. The summed E-state index contributed by atoms with van der Waals surface area (Å²) in [7, 11) is 4.74. The molecule has 0 bridgehead atoms. The summed E-state index contributed by atoms with van der Waals surface area (Å²) >= 11 is 0. The van der Waals surface area contributed by atoms with Crippen molar-refractivity contribution in [1.82, 2.24) is 4.90 Å². The van der Waals surface area contributed by atoms with Crippen molar-refractivity contribution in [2.75, 3.05) is 33.4 Å².